The lowest BCUT2D eigenvalue weighted by Crippen LogP contribution is -2.46. The van der Waals surface area contributed by atoms with E-state index in [1.807, 2.05) is 12.4 Å². The van der Waals surface area contributed by atoms with Crippen LogP contribution in [-0.4, -0.2) is 35.3 Å². The summed E-state index contributed by atoms with van der Waals surface area (Å²) in [6.45, 7) is 0.383. The van der Waals surface area contributed by atoms with Gasteiger partial charge < -0.3 is 20.7 Å². The third kappa shape index (κ3) is 2.23. The summed E-state index contributed by atoms with van der Waals surface area (Å²) in [5.41, 5.74) is 6.18. The number of hydrogen-bond acceptors (Lipinski definition) is 3. The fraction of sp³-hybridized carbons (Fsp3) is 0.667. The summed E-state index contributed by atoms with van der Waals surface area (Å²) in [6.07, 6.45) is 7.57. The fourth-order valence-corrected chi connectivity index (χ4v) is 2.48. The third-order valence-electron chi connectivity index (χ3n) is 3.80. The Hall–Kier alpha value is -1.00. The molecule has 0 aliphatic heterocycles. The molecule has 1 aromatic rings. The summed E-state index contributed by atoms with van der Waals surface area (Å²) in [6, 6.07) is 2.59. The highest BCUT2D eigenvalue weighted by molar-refractivity contribution is 5.44. The maximum absolute atomic E-state index is 10.1. The van der Waals surface area contributed by atoms with Gasteiger partial charge in [-0.2, -0.15) is 0 Å². The van der Waals surface area contributed by atoms with E-state index < -0.39 is 5.60 Å². The lowest BCUT2D eigenvalue weighted by molar-refractivity contribution is 0.00800. The average molecular weight is 223 g/mol. The molecule has 2 rings (SSSR count). The molecule has 0 spiro atoms. The van der Waals surface area contributed by atoms with E-state index in [9.17, 15) is 5.11 Å². The standard InChI is InChI=1S/C12H21N3O/c1-15(11-4-7-14-8-11)10-2-5-12(16,9-13)6-3-10/h4,7-8,10,14,16H,2-3,5-6,9,13H2,1H3. The van der Waals surface area contributed by atoms with Gasteiger partial charge in [-0.05, 0) is 31.7 Å². The second-order valence-corrected chi connectivity index (χ2v) is 4.84. The molecule has 4 nitrogen and oxygen atoms in total. The van der Waals surface area contributed by atoms with Crippen molar-refractivity contribution in [1.82, 2.24) is 4.98 Å². The molecule has 90 valence electrons. The van der Waals surface area contributed by atoms with Gasteiger partial charge in [0, 0.05) is 32.0 Å². The number of H-pyrrole nitrogens is 1. The van der Waals surface area contributed by atoms with Gasteiger partial charge in [0.05, 0.1) is 11.3 Å². The number of aromatic nitrogens is 1. The number of anilines is 1. The number of nitrogens with two attached hydrogens (primary N) is 1. The molecule has 0 unspecified atom stereocenters. The molecule has 4 N–H and O–H groups in total. The number of aliphatic hydroxyl groups is 1. The van der Waals surface area contributed by atoms with Crippen molar-refractivity contribution in [2.24, 2.45) is 5.73 Å². The summed E-state index contributed by atoms with van der Waals surface area (Å²) in [5.74, 6) is 0. The van der Waals surface area contributed by atoms with Crippen LogP contribution in [0.4, 0.5) is 5.69 Å². The second kappa shape index (κ2) is 4.47. The Bertz CT molecular complexity index is 315. The van der Waals surface area contributed by atoms with E-state index in [0.29, 0.717) is 12.6 Å². The van der Waals surface area contributed by atoms with Crippen molar-refractivity contribution in [3.63, 3.8) is 0 Å². The van der Waals surface area contributed by atoms with Crippen molar-refractivity contribution in [2.75, 3.05) is 18.5 Å². The van der Waals surface area contributed by atoms with E-state index in [1.165, 1.54) is 5.69 Å². The second-order valence-electron chi connectivity index (χ2n) is 4.84. The van der Waals surface area contributed by atoms with E-state index in [-0.39, 0.29) is 0 Å². The van der Waals surface area contributed by atoms with Gasteiger partial charge >= 0.3 is 0 Å². The largest absolute Gasteiger partial charge is 0.389 e. The Labute approximate surface area is 96.4 Å². The predicted molar refractivity (Wildman–Crippen MR) is 65.5 cm³/mol. The predicted octanol–water partition coefficient (Wildman–Crippen LogP) is 1.08. The van der Waals surface area contributed by atoms with Crippen LogP contribution in [0.25, 0.3) is 0 Å². The lowest BCUT2D eigenvalue weighted by Gasteiger charge is -2.39. The van der Waals surface area contributed by atoms with Crippen molar-refractivity contribution >= 4 is 5.69 Å². The van der Waals surface area contributed by atoms with Gasteiger partial charge in [-0.15, -0.1) is 0 Å². The molecule has 16 heavy (non-hydrogen) atoms. The minimum atomic E-state index is -0.616. The molecule has 0 aromatic carbocycles. The lowest BCUT2D eigenvalue weighted by atomic mass is 9.82. The van der Waals surface area contributed by atoms with Gasteiger partial charge in [-0.25, -0.2) is 0 Å². The molecule has 1 aromatic heterocycles. The van der Waals surface area contributed by atoms with Gasteiger partial charge in [0.1, 0.15) is 0 Å². The van der Waals surface area contributed by atoms with E-state index in [1.54, 1.807) is 0 Å². The van der Waals surface area contributed by atoms with Gasteiger partial charge in [0.15, 0.2) is 0 Å². The topological polar surface area (TPSA) is 65.3 Å². The van der Waals surface area contributed by atoms with Crippen molar-refractivity contribution < 1.29 is 5.11 Å². The minimum absolute atomic E-state index is 0.383. The van der Waals surface area contributed by atoms with E-state index in [4.69, 9.17) is 5.73 Å². The molecule has 1 fully saturated rings. The van der Waals surface area contributed by atoms with Crippen LogP contribution >= 0.6 is 0 Å². The summed E-state index contributed by atoms with van der Waals surface area (Å²) in [7, 11) is 2.11. The molecule has 0 amide bonds. The Kier molecular flexibility index (Phi) is 3.21. The molecular weight excluding hydrogens is 202 g/mol. The highest BCUT2D eigenvalue weighted by Crippen LogP contribution is 2.31. The smallest absolute Gasteiger partial charge is 0.0770 e. The highest BCUT2D eigenvalue weighted by Gasteiger charge is 2.33. The van der Waals surface area contributed by atoms with E-state index in [0.717, 1.165) is 25.7 Å². The summed E-state index contributed by atoms with van der Waals surface area (Å²) >= 11 is 0. The maximum atomic E-state index is 10.1. The molecule has 1 heterocycles. The Morgan fingerprint density at radius 3 is 2.75 bits per heavy atom. The summed E-state index contributed by atoms with van der Waals surface area (Å²) in [4.78, 5) is 5.35. The number of aromatic amines is 1. The quantitative estimate of drug-likeness (QED) is 0.718. The van der Waals surface area contributed by atoms with Crippen LogP contribution in [0.15, 0.2) is 18.5 Å². The van der Waals surface area contributed by atoms with Crippen LogP contribution in [0.5, 0.6) is 0 Å². The van der Waals surface area contributed by atoms with Gasteiger partial charge in [-0.3, -0.25) is 0 Å². The highest BCUT2D eigenvalue weighted by atomic mass is 16.3. The van der Waals surface area contributed by atoms with Crippen LogP contribution in [0.1, 0.15) is 25.7 Å². The molecule has 0 saturated heterocycles. The van der Waals surface area contributed by atoms with Crippen molar-refractivity contribution in [1.29, 1.82) is 0 Å². The zero-order chi connectivity index (χ0) is 11.6. The Morgan fingerprint density at radius 2 is 2.25 bits per heavy atom. The molecule has 1 saturated carbocycles. The minimum Gasteiger partial charge on any atom is -0.389 e. The first-order valence-electron chi connectivity index (χ1n) is 5.93. The monoisotopic (exact) mass is 223 g/mol. The Morgan fingerprint density at radius 1 is 1.56 bits per heavy atom. The molecule has 1 aliphatic rings. The van der Waals surface area contributed by atoms with E-state index >= 15 is 0 Å². The normalized spacial score (nSPS) is 30.3. The van der Waals surface area contributed by atoms with Crippen LogP contribution in [0.3, 0.4) is 0 Å². The fourth-order valence-electron chi connectivity index (χ4n) is 2.48. The van der Waals surface area contributed by atoms with Gasteiger partial charge in [0.2, 0.25) is 0 Å². The molecule has 0 atom stereocenters. The summed E-state index contributed by atoms with van der Waals surface area (Å²) < 4.78 is 0. The number of nitrogens with zero attached hydrogens (tertiary/aromatic N) is 1. The van der Waals surface area contributed by atoms with E-state index in [2.05, 4.69) is 23.0 Å². The zero-order valence-electron chi connectivity index (χ0n) is 9.82. The van der Waals surface area contributed by atoms with Gasteiger partial charge in [-0.1, -0.05) is 0 Å². The van der Waals surface area contributed by atoms with Crippen LogP contribution in [0.2, 0.25) is 0 Å². The number of nitrogens with one attached hydrogen (secondary N) is 1. The van der Waals surface area contributed by atoms with Gasteiger partial charge in [0.25, 0.3) is 0 Å². The first-order chi connectivity index (χ1) is 7.64. The molecule has 1 aliphatic carbocycles. The van der Waals surface area contributed by atoms with Crippen LogP contribution in [-0.2, 0) is 0 Å². The molecule has 4 heteroatoms. The number of hydrogen-bond donors (Lipinski definition) is 3. The molecule has 0 radical (unpaired) electrons. The first-order valence-corrected chi connectivity index (χ1v) is 5.93. The Balaban J connectivity index is 1.94. The third-order valence-corrected chi connectivity index (χ3v) is 3.80. The average Bonchev–Trinajstić information content (AvgIpc) is 2.83. The first kappa shape index (κ1) is 11.5. The zero-order valence-corrected chi connectivity index (χ0v) is 9.82. The van der Waals surface area contributed by atoms with Crippen molar-refractivity contribution in [3.8, 4) is 0 Å². The number of rotatable bonds is 3. The van der Waals surface area contributed by atoms with Crippen LogP contribution < -0.4 is 10.6 Å². The maximum Gasteiger partial charge on any atom is 0.0770 e. The molecule has 0 bridgehead atoms. The van der Waals surface area contributed by atoms with Crippen molar-refractivity contribution in [2.45, 2.75) is 37.3 Å². The van der Waals surface area contributed by atoms with Crippen molar-refractivity contribution in [3.05, 3.63) is 18.5 Å². The van der Waals surface area contributed by atoms with Crippen LogP contribution in [0, 0.1) is 0 Å². The molecular formula is C12H21N3O. The summed E-state index contributed by atoms with van der Waals surface area (Å²) in [5, 5.41) is 10.1. The SMILES string of the molecule is CN(c1cc[nH]c1)C1CCC(O)(CN)CC1.